The molecule has 0 heterocycles. The first-order valence-corrected chi connectivity index (χ1v) is 8.04. The van der Waals surface area contributed by atoms with E-state index in [2.05, 4.69) is 5.32 Å². The Morgan fingerprint density at radius 1 is 0.926 bits per heavy atom. The summed E-state index contributed by atoms with van der Waals surface area (Å²) >= 11 is 0. The smallest absolute Gasteiger partial charge is 0.269 e. The van der Waals surface area contributed by atoms with Gasteiger partial charge < -0.3 is 14.8 Å². The van der Waals surface area contributed by atoms with E-state index in [-0.39, 0.29) is 11.6 Å². The lowest BCUT2D eigenvalue weighted by Gasteiger charge is -2.13. The van der Waals surface area contributed by atoms with Crippen LogP contribution in [0.2, 0.25) is 0 Å². The van der Waals surface area contributed by atoms with Gasteiger partial charge in [0.25, 0.3) is 11.6 Å². The van der Waals surface area contributed by atoms with E-state index in [4.69, 9.17) is 9.47 Å². The minimum Gasteiger partial charge on any atom is -0.495 e. The van der Waals surface area contributed by atoms with Crippen LogP contribution < -0.4 is 14.8 Å². The molecule has 3 aromatic rings. The number of nitrogens with one attached hydrogen (secondary N) is 1. The van der Waals surface area contributed by atoms with E-state index < -0.39 is 4.92 Å². The number of benzene rings is 3. The Bertz CT molecular complexity index is 970. The molecule has 7 heteroatoms. The van der Waals surface area contributed by atoms with Crippen molar-refractivity contribution in [1.82, 2.24) is 0 Å². The number of amides is 1. The molecule has 0 spiro atoms. The van der Waals surface area contributed by atoms with Gasteiger partial charge in [0.2, 0.25) is 0 Å². The normalized spacial score (nSPS) is 10.1. The van der Waals surface area contributed by atoms with Crippen molar-refractivity contribution < 1.29 is 19.2 Å². The first-order chi connectivity index (χ1) is 13.1. The van der Waals surface area contributed by atoms with Crippen molar-refractivity contribution in [2.45, 2.75) is 0 Å². The maximum atomic E-state index is 12.7. The summed E-state index contributed by atoms with van der Waals surface area (Å²) in [6.07, 6.45) is 0. The fourth-order valence-electron chi connectivity index (χ4n) is 2.44. The van der Waals surface area contributed by atoms with Crippen molar-refractivity contribution in [3.05, 3.63) is 88.5 Å². The lowest BCUT2D eigenvalue weighted by molar-refractivity contribution is -0.384. The molecule has 7 nitrogen and oxygen atoms in total. The van der Waals surface area contributed by atoms with Gasteiger partial charge in [-0.3, -0.25) is 14.9 Å². The van der Waals surface area contributed by atoms with Crippen LogP contribution in [0, 0.1) is 10.1 Å². The van der Waals surface area contributed by atoms with E-state index in [0.717, 1.165) is 0 Å². The van der Waals surface area contributed by atoms with Crippen molar-refractivity contribution in [3.63, 3.8) is 0 Å². The maximum Gasteiger partial charge on any atom is 0.269 e. The van der Waals surface area contributed by atoms with Gasteiger partial charge in [-0.25, -0.2) is 0 Å². The fraction of sp³-hybridized carbons (Fsp3) is 0.0500. The highest BCUT2D eigenvalue weighted by Crippen LogP contribution is 2.29. The fourth-order valence-corrected chi connectivity index (χ4v) is 2.44. The summed E-state index contributed by atoms with van der Waals surface area (Å²) in [6, 6.07) is 19.5. The zero-order valence-corrected chi connectivity index (χ0v) is 14.4. The number of para-hydroxylation sites is 3. The number of carbonyl (C=O) groups excluding carboxylic acids is 1. The Morgan fingerprint density at radius 2 is 1.56 bits per heavy atom. The number of nitro groups is 1. The molecular weight excluding hydrogens is 348 g/mol. The molecule has 0 saturated carbocycles. The van der Waals surface area contributed by atoms with Crippen LogP contribution >= 0.6 is 0 Å². The molecule has 0 aliphatic carbocycles. The number of nitro benzene ring substituents is 1. The Labute approximate surface area is 155 Å². The number of methoxy groups -OCH3 is 1. The average Bonchev–Trinajstić information content (AvgIpc) is 2.69. The van der Waals surface area contributed by atoms with Crippen LogP contribution in [-0.4, -0.2) is 17.9 Å². The van der Waals surface area contributed by atoms with Gasteiger partial charge in [0, 0.05) is 12.1 Å². The molecule has 0 saturated heterocycles. The third-order valence-electron chi connectivity index (χ3n) is 3.76. The molecule has 0 aromatic heterocycles. The summed E-state index contributed by atoms with van der Waals surface area (Å²) in [5, 5.41) is 13.5. The third kappa shape index (κ3) is 4.21. The molecule has 136 valence electrons. The third-order valence-corrected chi connectivity index (χ3v) is 3.76. The number of carbonyl (C=O) groups is 1. The summed E-state index contributed by atoms with van der Waals surface area (Å²) in [7, 11) is 1.52. The van der Waals surface area contributed by atoms with Gasteiger partial charge in [0.1, 0.15) is 17.2 Å². The first-order valence-electron chi connectivity index (χ1n) is 8.04. The highest BCUT2D eigenvalue weighted by atomic mass is 16.6. The topological polar surface area (TPSA) is 90.7 Å². The highest BCUT2D eigenvalue weighted by Gasteiger charge is 2.15. The molecule has 27 heavy (non-hydrogen) atoms. The summed E-state index contributed by atoms with van der Waals surface area (Å²) < 4.78 is 11.0. The monoisotopic (exact) mass is 364 g/mol. The molecule has 3 aromatic carbocycles. The van der Waals surface area contributed by atoms with Crippen LogP contribution in [-0.2, 0) is 0 Å². The predicted molar refractivity (Wildman–Crippen MR) is 101 cm³/mol. The van der Waals surface area contributed by atoms with Crippen LogP contribution in [0.25, 0.3) is 0 Å². The second-order valence-electron chi connectivity index (χ2n) is 5.50. The largest absolute Gasteiger partial charge is 0.495 e. The van der Waals surface area contributed by atoms with E-state index in [9.17, 15) is 14.9 Å². The van der Waals surface area contributed by atoms with Crippen molar-refractivity contribution in [2.24, 2.45) is 0 Å². The van der Waals surface area contributed by atoms with Crippen molar-refractivity contribution in [2.75, 3.05) is 12.4 Å². The van der Waals surface area contributed by atoms with E-state index >= 15 is 0 Å². The molecular formula is C20H16N2O5. The van der Waals surface area contributed by atoms with E-state index in [1.807, 2.05) is 0 Å². The molecule has 0 aliphatic rings. The molecule has 3 rings (SSSR count). The van der Waals surface area contributed by atoms with E-state index in [1.165, 1.54) is 31.4 Å². The van der Waals surface area contributed by atoms with Crippen LogP contribution in [0.15, 0.2) is 72.8 Å². The second kappa shape index (κ2) is 8.01. The zero-order valence-electron chi connectivity index (χ0n) is 14.4. The van der Waals surface area contributed by atoms with Gasteiger partial charge in [0.05, 0.1) is 23.3 Å². The molecule has 0 bridgehead atoms. The number of anilines is 1. The zero-order chi connectivity index (χ0) is 19.2. The number of nitrogens with zero attached hydrogens (tertiary/aromatic N) is 1. The number of non-ortho nitro benzene ring substituents is 1. The molecule has 0 unspecified atom stereocenters. The lowest BCUT2D eigenvalue weighted by atomic mass is 10.1. The summed E-state index contributed by atoms with van der Waals surface area (Å²) in [5.74, 6) is 0.897. The lowest BCUT2D eigenvalue weighted by Crippen LogP contribution is -2.13. The standard InChI is InChI=1S/C20H16N2O5/c1-26-19-9-5-3-7-17(19)21-20(23)16-6-2-4-8-18(16)27-15-12-10-14(11-13-15)22(24)25/h2-13H,1H3,(H,21,23). The van der Waals surface area contributed by atoms with Crippen LogP contribution in [0.4, 0.5) is 11.4 Å². The van der Waals surface area contributed by atoms with Gasteiger partial charge in [-0.1, -0.05) is 24.3 Å². The van der Waals surface area contributed by atoms with E-state index in [0.29, 0.717) is 28.5 Å². The minimum atomic E-state index is -0.488. The van der Waals surface area contributed by atoms with E-state index in [1.54, 1.807) is 48.5 Å². The van der Waals surface area contributed by atoms with Crippen LogP contribution in [0.5, 0.6) is 17.2 Å². The van der Waals surface area contributed by atoms with Crippen LogP contribution in [0.1, 0.15) is 10.4 Å². The molecule has 1 amide bonds. The molecule has 0 aliphatic heterocycles. The quantitative estimate of drug-likeness (QED) is 0.508. The Hall–Kier alpha value is -3.87. The van der Waals surface area contributed by atoms with Crippen molar-refractivity contribution >= 4 is 17.3 Å². The molecule has 0 fully saturated rings. The number of hydrogen-bond acceptors (Lipinski definition) is 5. The predicted octanol–water partition coefficient (Wildman–Crippen LogP) is 4.65. The number of hydrogen-bond donors (Lipinski definition) is 1. The Morgan fingerprint density at radius 3 is 2.22 bits per heavy atom. The summed E-state index contributed by atoms with van der Waals surface area (Å²) in [4.78, 5) is 23.0. The van der Waals surface area contributed by atoms with Gasteiger partial charge in [-0.2, -0.15) is 0 Å². The minimum absolute atomic E-state index is 0.0375. The highest BCUT2D eigenvalue weighted by molar-refractivity contribution is 6.06. The van der Waals surface area contributed by atoms with Gasteiger partial charge >= 0.3 is 0 Å². The summed E-state index contributed by atoms with van der Waals surface area (Å²) in [6.45, 7) is 0. The Balaban J connectivity index is 1.83. The molecule has 0 atom stereocenters. The van der Waals surface area contributed by atoms with Gasteiger partial charge in [-0.15, -0.1) is 0 Å². The second-order valence-corrected chi connectivity index (χ2v) is 5.50. The van der Waals surface area contributed by atoms with Gasteiger partial charge in [0.15, 0.2) is 0 Å². The molecule has 1 N–H and O–H groups in total. The SMILES string of the molecule is COc1ccccc1NC(=O)c1ccccc1Oc1ccc([N+](=O)[O-])cc1. The van der Waals surface area contributed by atoms with Crippen molar-refractivity contribution in [1.29, 1.82) is 0 Å². The summed E-state index contributed by atoms with van der Waals surface area (Å²) in [5.41, 5.74) is 0.821. The van der Waals surface area contributed by atoms with Crippen LogP contribution in [0.3, 0.4) is 0 Å². The Kier molecular flexibility index (Phi) is 5.32. The van der Waals surface area contributed by atoms with Gasteiger partial charge in [-0.05, 0) is 36.4 Å². The maximum absolute atomic E-state index is 12.7. The number of rotatable bonds is 6. The number of ether oxygens (including phenoxy) is 2. The first kappa shape index (κ1) is 17.9. The average molecular weight is 364 g/mol. The van der Waals surface area contributed by atoms with Crippen molar-refractivity contribution in [3.8, 4) is 17.2 Å². The molecule has 0 radical (unpaired) electrons.